The van der Waals surface area contributed by atoms with Gasteiger partial charge < -0.3 is 10.6 Å². The number of rotatable bonds is 3. The van der Waals surface area contributed by atoms with E-state index in [2.05, 4.69) is 10.6 Å². The first-order valence-corrected chi connectivity index (χ1v) is 7.16. The van der Waals surface area contributed by atoms with Crippen molar-refractivity contribution in [2.75, 3.05) is 10.6 Å². The minimum absolute atomic E-state index is 0.0305. The number of carbonyl (C=O) groups is 2. The van der Waals surface area contributed by atoms with Crippen LogP contribution in [0, 0.1) is 0 Å². The van der Waals surface area contributed by atoms with Crippen molar-refractivity contribution >= 4 is 40.9 Å². The predicted octanol–water partition coefficient (Wildman–Crippen LogP) is 3.49. The van der Waals surface area contributed by atoms with Crippen molar-refractivity contribution < 1.29 is 9.59 Å². The van der Waals surface area contributed by atoms with Crippen molar-refractivity contribution in [3.63, 3.8) is 0 Å². The zero-order valence-corrected chi connectivity index (χ0v) is 12.4. The number of anilines is 2. The van der Waals surface area contributed by atoms with Gasteiger partial charge in [0.25, 0.3) is 0 Å². The summed E-state index contributed by atoms with van der Waals surface area (Å²) in [6, 6.07) is 12.6. The molecule has 0 fully saturated rings. The number of hydrogen-bond acceptors (Lipinski definition) is 2. The van der Waals surface area contributed by atoms with E-state index in [0.717, 1.165) is 16.8 Å². The molecule has 0 radical (unpaired) electrons. The van der Waals surface area contributed by atoms with Gasteiger partial charge in [-0.3, -0.25) is 9.59 Å². The number of benzene rings is 2. The van der Waals surface area contributed by atoms with E-state index < -0.39 is 0 Å². The molecule has 2 aromatic rings. The highest BCUT2D eigenvalue weighted by molar-refractivity contribution is 6.32. The predicted molar refractivity (Wildman–Crippen MR) is 87.9 cm³/mol. The lowest BCUT2D eigenvalue weighted by Crippen LogP contribution is -2.07. The summed E-state index contributed by atoms with van der Waals surface area (Å²) < 4.78 is 0. The third-order valence-electron chi connectivity index (χ3n) is 3.32. The third-order valence-corrected chi connectivity index (χ3v) is 3.66. The third kappa shape index (κ3) is 3.18. The second kappa shape index (κ2) is 6.03. The van der Waals surface area contributed by atoms with Crippen molar-refractivity contribution in [3.8, 4) is 0 Å². The molecule has 1 aliphatic rings. The van der Waals surface area contributed by atoms with Crippen LogP contribution in [-0.4, -0.2) is 11.8 Å². The standard InChI is InChI=1S/C17H13ClN2O2/c18-14-4-2-1-3-11(14)5-8-16(21)19-13-6-7-15-12(9-13)10-17(22)20-15/h1-9H,10H2,(H,19,21)(H,20,22). The number of amides is 2. The lowest BCUT2D eigenvalue weighted by Gasteiger charge is -2.05. The van der Waals surface area contributed by atoms with E-state index in [0.29, 0.717) is 17.1 Å². The summed E-state index contributed by atoms with van der Waals surface area (Å²) in [5.41, 5.74) is 3.12. The summed E-state index contributed by atoms with van der Waals surface area (Å²) in [6.45, 7) is 0. The van der Waals surface area contributed by atoms with Gasteiger partial charge >= 0.3 is 0 Å². The Morgan fingerprint density at radius 1 is 1.23 bits per heavy atom. The van der Waals surface area contributed by atoms with Gasteiger partial charge in [0.1, 0.15) is 0 Å². The zero-order chi connectivity index (χ0) is 15.5. The Bertz CT molecular complexity index is 784. The maximum atomic E-state index is 11.9. The molecule has 110 valence electrons. The van der Waals surface area contributed by atoms with Crippen molar-refractivity contribution in [2.45, 2.75) is 6.42 Å². The second-order valence-electron chi connectivity index (χ2n) is 4.94. The molecule has 5 heteroatoms. The highest BCUT2D eigenvalue weighted by Gasteiger charge is 2.17. The number of hydrogen-bond donors (Lipinski definition) is 2. The van der Waals surface area contributed by atoms with Crippen molar-refractivity contribution in [2.24, 2.45) is 0 Å². The molecule has 0 saturated heterocycles. The molecule has 2 N–H and O–H groups in total. The Hall–Kier alpha value is -2.59. The summed E-state index contributed by atoms with van der Waals surface area (Å²) in [4.78, 5) is 23.2. The molecule has 1 heterocycles. The van der Waals surface area contributed by atoms with Crippen LogP contribution in [0.2, 0.25) is 5.02 Å². The van der Waals surface area contributed by atoms with Crippen molar-refractivity contribution in [1.82, 2.24) is 0 Å². The highest BCUT2D eigenvalue weighted by atomic mass is 35.5. The molecule has 4 nitrogen and oxygen atoms in total. The average Bonchev–Trinajstić information content (AvgIpc) is 2.86. The Balaban J connectivity index is 1.69. The minimum Gasteiger partial charge on any atom is -0.326 e. The lowest BCUT2D eigenvalue weighted by molar-refractivity contribution is -0.115. The molecular weight excluding hydrogens is 300 g/mol. The molecule has 2 aromatic carbocycles. The fourth-order valence-corrected chi connectivity index (χ4v) is 2.47. The normalized spacial score (nSPS) is 13.0. The van der Waals surface area contributed by atoms with Crippen LogP contribution in [0.25, 0.3) is 6.08 Å². The summed E-state index contributed by atoms with van der Waals surface area (Å²) >= 11 is 6.02. The molecule has 2 amide bonds. The van der Waals surface area contributed by atoms with Gasteiger partial charge in [-0.2, -0.15) is 0 Å². The number of fused-ring (bicyclic) bond motifs is 1. The first-order valence-electron chi connectivity index (χ1n) is 6.78. The fraction of sp³-hybridized carbons (Fsp3) is 0.0588. The van der Waals surface area contributed by atoms with E-state index in [9.17, 15) is 9.59 Å². The maximum Gasteiger partial charge on any atom is 0.248 e. The molecule has 0 spiro atoms. The smallest absolute Gasteiger partial charge is 0.248 e. The van der Waals surface area contributed by atoms with Crippen molar-refractivity contribution in [1.29, 1.82) is 0 Å². The van der Waals surface area contributed by atoms with E-state index in [1.807, 2.05) is 18.2 Å². The van der Waals surface area contributed by atoms with E-state index in [1.54, 1.807) is 30.3 Å². The summed E-state index contributed by atoms with van der Waals surface area (Å²) in [5, 5.41) is 6.11. The Morgan fingerprint density at radius 3 is 2.86 bits per heavy atom. The summed E-state index contributed by atoms with van der Waals surface area (Å²) in [7, 11) is 0. The minimum atomic E-state index is -0.253. The van der Waals surface area contributed by atoms with Gasteiger partial charge in [0, 0.05) is 22.5 Å². The SMILES string of the molecule is O=C(C=Cc1ccccc1Cl)Nc1ccc2c(c1)CC(=O)N2. The van der Waals surface area contributed by atoms with Gasteiger partial charge in [-0.15, -0.1) is 0 Å². The Morgan fingerprint density at radius 2 is 2.05 bits per heavy atom. The summed E-state index contributed by atoms with van der Waals surface area (Å²) in [5.74, 6) is -0.283. The van der Waals surface area contributed by atoms with Crippen LogP contribution in [0.5, 0.6) is 0 Å². The average molecular weight is 313 g/mol. The molecule has 3 rings (SSSR count). The number of nitrogens with one attached hydrogen (secondary N) is 2. The Kier molecular flexibility index (Phi) is 3.94. The van der Waals surface area contributed by atoms with Gasteiger partial charge in [-0.1, -0.05) is 29.8 Å². The van der Waals surface area contributed by atoms with E-state index in [1.165, 1.54) is 6.08 Å². The maximum absolute atomic E-state index is 11.9. The van der Waals surface area contributed by atoms with Gasteiger partial charge in [0.2, 0.25) is 11.8 Å². The van der Waals surface area contributed by atoms with E-state index in [4.69, 9.17) is 11.6 Å². The lowest BCUT2D eigenvalue weighted by atomic mass is 10.1. The van der Waals surface area contributed by atoms with Gasteiger partial charge in [-0.25, -0.2) is 0 Å². The Labute approximate surface area is 132 Å². The molecule has 0 saturated carbocycles. The van der Waals surface area contributed by atoms with E-state index >= 15 is 0 Å². The monoisotopic (exact) mass is 312 g/mol. The van der Waals surface area contributed by atoms with Gasteiger partial charge in [-0.05, 0) is 41.5 Å². The quantitative estimate of drug-likeness (QED) is 0.852. The number of carbonyl (C=O) groups excluding carboxylic acids is 2. The second-order valence-corrected chi connectivity index (χ2v) is 5.35. The van der Waals surface area contributed by atoms with Crippen molar-refractivity contribution in [3.05, 3.63) is 64.7 Å². The first kappa shape index (κ1) is 14.4. The van der Waals surface area contributed by atoms with Crippen LogP contribution >= 0.6 is 11.6 Å². The summed E-state index contributed by atoms with van der Waals surface area (Å²) in [6.07, 6.45) is 3.43. The van der Waals surface area contributed by atoms with Crippen LogP contribution in [0.15, 0.2) is 48.5 Å². The molecule has 1 aliphatic heterocycles. The van der Waals surface area contributed by atoms with Gasteiger partial charge in [0.15, 0.2) is 0 Å². The zero-order valence-electron chi connectivity index (χ0n) is 11.6. The van der Waals surface area contributed by atoms with Crippen LogP contribution < -0.4 is 10.6 Å². The molecule has 0 bridgehead atoms. The van der Waals surface area contributed by atoms with Gasteiger partial charge in [0.05, 0.1) is 6.42 Å². The molecule has 0 aliphatic carbocycles. The molecule has 0 atom stereocenters. The molecular formula is C17H13ClN2O2. The van der Waals surface area contributed by atoms with Crippen LogP contribution in [0.3, 0.4) is 0 Å². The first-order chi connectivity index (χ1) is 10.6. The number of halogens is 1. The van der Waals surface area contributed by atoms with Crippen LogP contribution in [0.1, 0.15) is 11.1 Å². The molecule has 22 heavy (non-hydrogen) atoms. The van der Waals surface area contributed by atoms with E-state index in [-0.39, 0.29) is 11.8 Å². The largest absolute Gasteiger partial charge is 0.326 e. The van der Waals surface area contributed by atoms with Crippen LogP contribution in [0.4, 0.5) is 11.4 Å². The fourth-order valence-electron chi connectivity index (χ4n) is 2.27. The van der Waals surface area contributed by atoms with Crippen LogP contribution in [-0.2, 0) is 16.0 Å². The topological polar surface area (TPSA) is 58.2 Å². The highest BCUT2D eigenvalue weighted by Crippen LogP contribution is 2.26. The molecule has 0 aromatic heterocycles. The molecule has 0 unspecified atom stereocenters.